The third-order valence-electron chi connectivity index (χ3n) is 3.90. The molecule has 1 aromatic rings. The van der Waals surface area contributed by atoms with E-state index in [2.05, 4.69) is 28.1 Å². The Kier molecular flexibility index (Phi) is 3.99. The Hall–Kier alpha value is -0.680. The number of hydrogen-bond acceptors (Lipinski definition) is 3. The predicted molar refractivity (Wildman–Crippen MR) is 91.3 cm³/mol. The highest BCUT2D eigenvalue weighted by Crippen LogP contribution is 2.49. The lowest BCUT2D eigenvalue weighted by Crippen LogP contribution is -2.44. The van der Waals surface area contributed by atoms with Crippen LogP contribution in [-0.4, -0.2) is 29.2 Å². The van der Waals surface area contributed by atoms with Gasteiger partial charge in [-0.3, -0.25) is 4.90 Å². The minimum Gasteiger partial charge on any atom is -0.443 e. The fourth-order valence-corrected chi connectivity index (χ4v) is 4.92. The van der Waals surface area contributed by atoms with Gasteiger partial charge in [0.25, 0.3) is 0 Å². The van der Waals surface area contributed by atoms with Crippen LogP contribution in [0.1, 0.15) is 38.7 Å². The maximum Gasteiger partial charge on any atom is 0.415 e. The molecule has 1 fully saturated rings. The molecule has 2 heterocycles. The van der Waals surface area contributed by atoms with Gasteiger partial charge in [0.2, 0.25) is 0 Å². The molecule has 0 radical (unpaired) electrons. The smallest absolute Gasteiger partial charge is 0.415 e. The second-order valence-electron chi connectivity index (χ2n) is 6.57. The zero-order chi connectivity index (χ0) is 15.2. The van der Waals surface area contributed by atoms with E-state index >= 15 is 0 Å². The van der Waals surface area contributed by atoms with Crippen LogP contribution in [0.5, 0.6) is 0 Å². The summed E-state index contributed by atoms with van der Waals surface area (Å²) in [5.74, 6) is 2.60. The first kappa shape index (κ1) is 15.2. The molecular weight excluding hydrogens is 350 g/mol. The summed E-state index contributed by atoms with van der Waals surface area (Å²) < 4.78 is 6.62. The van der Waals surface area contributed by atoms with Crippen molar-refractivity contribution in [2.75, 3.05) is 16.4 Å². The van der Waals surface area contributed by atoms with Crippen LogP contribution in [0.15, 0.2) is 22.7 Å². The molecule has 0 bridgehead atoms. The summed E-state index contributed by atoms with van der Waals surface area (Å²) in [6, 6.07) is 6.43. The van der Waals surface area contributed by atoms with Crippen molar-refractivity contribution in [2.24, 2.45) is 0 Å². The summed E-state index contributed by atoms with van der Waals surface area (Å²) in [7, 11) is 0. The number of halogens is 1. The Labute approximate surface area is 138 Å². The molecular formula is C16H20BrNO2S. The monoisotopic (exact) mass is 369 g/mol. The molecule has 0 aromatic heterocycles. The average Bonchev–Trinajstić information content (AvgIpc) is 2.73. The van der Waals surface area contributed by atoms with Crippen LogP contribution in [0.25, 0.3) is 0 Å². The molecule has 3 rings (SSSR count). The minimum absolute atomic E-state index is 0.227. The van der Waals surface area contributed by atoms with Crippen LogP contribution >= 0.6 is 27.7 Å². The number of nitrogens with zero attached hydrogens (tertiary/aromatic N) is 1. The number of hydrogen-bond donors (Lipinski definition) is 0. The fraction of sp³-hybridized carbons (Fsp3) is 0.562. The van der Waals surface area contributed by atoms with E-state index in [1.54, 1.807) is 0 Å². The van der Waals surface area contributed by atoms with Crippen molar-refractivity contribution < 1.29 is 9.53 Å². The highest BCUT2D eigenvalue weighted by molar-refractivity contribution is 9.10. The zero-order valence-corrected chi connectivity index (χ0v) is 15.0. The van der Waals surface area contributed by atoms with E-state index in [0.717, 1.165) is 28.1 Å². The van der Waals surface area contributed by atoms with Gasteiger partial charge in [-0.15, -0.1) is 0 Å². The lowest BCUT2D eigenvalue weighted by molar-refractivity contribution is 0.0566. The number of para-hydroxylation sites is 1. The van der Waals surface area contributed by atoms with Gasteiger partial charge in [-0.2, -0.15) is 11.8 Å². The Bertz CT molecular complexity index is 570. The predicted octanol–water partition coefficient (Wildman–Crippen LogP) is 4.79. The standard InChI is InChI=1S/C16H20BrNO2S/c1-16(2,3)20-15(19)18-13-7-8-21-9-11(13)10-5-4-6-12(17)14(10)18/h4-6,11,13H,7-9H2,1-3H3. The van der Waals surface area contributed by atoms with Gasteiger partial charge in [0.1, 0.15) is 5.60 Å². The first-order valence-corrected chi connectivity index (χ1v) is 9.21. The number of thioether (sulfide) groups is 1. The van der Waals surface area contributed by atoms with Crippen LogP contribution < -0.4 is 4.90 Å². The molecule has 2 aliphatic heterocycles. The second-order valence-corrected chi connectivity index (χ2v) is 8.57. The van der Waals surface area contributed by atoms with E-state index in [1.807, 2.05) is 43.5 Å². The molecule has 2 atom stereocenters. The molecule has 2 aliphatic rings. The van der Waals surface area contributed by atoms with Gasteiger partial charge >= 0.3 is 6.09 Å². The van der Waals surface area contributed by atoms with Crippen molar-refractivity contribution in [1.82, 2.24) is 0 Å². The van der Waals surface area contributed by atoms with E-state index in [0.29, 0.717) is 5.92 Å². The largest absolute Gasteiger partial charge is 0.443 e. The summed E-state index contributed by atoms with van der Waals surface area (Å²) in [5, 5.41) is 0. The van der Waals surface area contributed by atoms with Gasteiger partial charge in [-0.05, 0) is 60.5 Å². The molecule has 0 spiro atoms. The minimum atomic E-state index is -0.472. The number of carbonyl (C=O) groups is 1. The van der Waals surface area contributed by atoms with Gasteiger partial charge in [-0.1, -0.05) is 12.1 Å². The maximum absolute atomic E-state index is 12.7. The third-order valence-corrected chi connectivity index (χ3v) is 5.66. The molecule has 1 amide bonds. The molecule has 2 unspecified atom stereocenters. The summed E-state index contributed by atoms with van der Waals surface area (Å²) in [6.07, 6.45) is 0.797. The Morgan fingerprint density at radius 3 is 2.90 bits per heavy atom. The molecule has 21 heavy (non-hydrogen) atoms. The quantitative estimate of drug-likeness (QED) is 0.657. The molecule has 0 saturated carbocycles. The lowest BCUT2D eigenvalue weighted by atomic mass is 9.95. The number of rotatable bonds is 0. The first-order valence-electron chi connectivity index (χ1n) is 7.27. The van der Waals surface area contributed by atoms with Gasteiger partial charge in [0.15, 0.2) is 0 Å². The third kappa shape index (κ3) is 2.82. The van der Waals surface area contributed by atoms with Crippen LogP contribution in [0.4, 0.5) is 10.5 Å². The number of benzene rings is 1. The maximum atomic E-state index is 12.7. The SMILES string of the molecule is CC(C)(C)OC(=O)N1c2c(Br)cccc2C2CSCCC21. The number of carbonyl (C=O) groups excluding carboxylic acids is 1. The van der Waals surface area contributed by atoms with Crippen LogP contribution in [0, 0.1) is 0 Å². The van der Waals surface area contributed by atoms with E-state index in [-0.39, 0.29) is 12.1 Å². The fourth-order valence-electron chi connectivity index (χ4n) is 3.12. The van der Waals surface area contributed by atoms with Crippen molar-refractivity contribution in [1.29, 1.82) is 0 Å². The summed E-state index contributed by atoms with van der Waals surface area (Å²) in [6.45, 7) is 5.74. The number of ether oxygens (including phenoxy) is 1. The first-order chi connectivity index (χ1) is 9.88. The molecule has 1 saturated heterocycles. The van der Waals surface area contributed by atoms with Gasteiger partial charge in [0.05, 0.1) is 5.69 Å². The molecule has 1 aromatic carbocycles. The van der Waals surface area contributed by atoms with Crippen molar-refractivity contribution in [3.63, 3.8) is 0 Å². The molecule has 114 valence electrons. The van der Waals surface area contributed by atoms with Gasteiger partial charge in [-0.25, -0.2) is 4.79 Å². The highest BCUT2D eigenvalue weighted by atomic mass is 79.9. The number of amides is 1. The number of anilines is 1. The molecule has 3 nitrogen and oxygen atoms in total. The lowest BCUT2D eigenvalue weighted by Gasteiger charge is -2.33. The topological polar surface area (TPSA) is 29.5 Å². The number of fused-ring (bicyclic) bond motifs is 3. The van der Waals surface area contributed by atoms with Gasteiger partial charge < -0.3 is 4.74 Å². The summed E-state index contributed by atoms with van der Waals surface area (Å²) in [4.78, 5) is 14.6. The average molecular weight is 370 g/mol. The van der Waals surface area contributed by atoms with Crippen molar-refractivity contribution in [2.45, 2.75) is 44.8 Å². The van der Waals surface area contributed by atoms with Crippen LogP contribution in [-0.2, 0) is 4.74 Å². The summed E-state index contributed by atoms with van der Waals surface area (Å²) >= 11 is 5.59. The van der Waals surface area contributed by atoms with E-state index in [9.17, 15) is 4.79 Å². The normalized spacial score (nSPS) is 24.5. The van der Waals surface area contributed by atoms with Crippen molar-refractivity contribution >= 4 is 39.5 Å². The Morgan fingerprint density at radius 1 is 1.43 bits per heavy atom. The van der Waals surface area contributed by atoms with Crippen molar-refractivity contribution in [3.05, 3.63) is 28.2 Å². The highest BCUT2D eigenvalue weighted by Gasteiger charge is 2.45. The van der Waals surface area contributed by atoms with E-state index < -0.39 is 5.60 Å². The van der Waals surface area contributed by atoms with E-state index in [1.165, 1.54) is 5.56 Å². The van der Waals surface area contributed by atoms with Crippen LogP contribution in [0.2, 0.25) is 0 Å². The molecule has 0 N–H and O–H groups in total. The van der Waals surface area contributed by atoms with Gasteiger partial charge in [0, 0.05) is 22.2 Å². The molecule has 5 heteroatoms. The molecule has 0 aliphatic carbocycles. The second kappa shape index (κ2) is 5.51. The Balaban J connectivity index is 2.01. The van der Waals surface area contributed by atoms with Crippen LogP contribution in [0.3, 0.4) is 0 Å². The van der Waals surface area contributed by atoms with E-state index in [4.69, 9.17) is 4.74 Å². The summed E-state index contributed by atoms with van der Waals surface area (Å²) in [5.41, 5.74) is 1.80. The van der Waals surface area contributed by atoms with Crippen molar-refractivity contribution in [3.8, 4) is 0 Å². The Morgan fingerprint density at radius 2 is 2.19 bits per heavy atom. The zero-order valence-electron chi connectivity index (χ0n) is 12.6.